The normalized spacial score (nSPS) is 31.2. The number of hydrogen-bond donors (Lipinski definition) is 1. The molecule has 2 heterocycles. The van der Waals surface area contributed by atoms with Crippen molar-refractivity contribution in [3.63, 3.8) is 0 Å². The third-order valence-corrected chi connectivity index (χ3v) is 4.75. The lowest BCUT2D eigenvalue weighted by molar-refractivity contribution is -0.922. The molecule has 5 heteroatoms. The average Bonchev–Trinajstić information content (AvgIpc) is 2.76. The SMILES string of the molecule is O=C1C[C@H]([NH+]2CCOCC2)C(=O)N1C1CCCCC1. The predicted octanol–water partition coefficient (Wildman–Crippen LogP) is -0.638. The van der Waals surface area contributed by atoms with Crippen LogP contribution in [0.3, 0.4) is 0 Å². The molecule has 2 saturated heterocycles. The molecule has 106 valence electrons. The summed E-state index contributed by atoms with van der Waals surface area (Å²) in [4.78, 5) is 27.6. The molecule has 0 radical (unpaired) electrons. The summed E-state index contributed by atoms with van der Waals surface area (Å²) < 4.78 is 5.33. The molecule has 0 spiro atoms. The summed E-state index contributed by atoms with van der Waals surface area (Å²) in [5.41, 5.74) is 0. The van der Waals surface area contributed by atoms with Crippen molar-refractivity contribution in [1.82, 2.24) is 4.90 Å². The molecule has 0 aromatic rings. The minimum absolute atomic E-state index is 0.0564. The highest BCUT2D eigenvalue weighted by molar-refractivity contribution is 6.05. The van der Waals surface area contributed by atoms with Gasteiger partial charge in [0.2, 0.25) is 5.91 Å². The summed E-state index contributed by atoms with van der Waals surface area (Å²) in [5, 5.41) is 0. The van der Waals surface area contributed by atoms with E-state index in [9.17, 15) is 9.59 Å². The van der Waals surface area contributed by atoms with Crippen LogP contribution < -0.4 is 4.90 Å². The highest BCUT2D eigenvalue weighted by Gasteiger charge is 2.47. The second-order valence-corrected chi connectivity index (χ2v) is 5.92. The van der Waals surface area contributed by atoms with Gasteiger partial charge in [0.1, 0.15) is 13.1 Å². The molecule has 3 fully saturated rings. The van der Waals surface area contributed by atoms with E-state index in [-0.39, 0.29) is 23.9 Å². The molecule has 5 nitrogen and oxygen atoms in total. The van der Waals surface area contributed by atoms with Gasteiger partial charge in [-0.05, 0) is 12.8 Å². The van der Waals surface area contributed by atoms with E-state index in [0.29, 0.717) is 19.6 Å². The van der Waals surface area contributed by atoms with Crippen molar-refractivity contribution < 1.29 is 19.2 Å². The van der Waals surface area contributed by atoms with Gasteiger partial charge in [-0.3, -0.25) is 14.5 Å². The van der Waals surface area contributed by atoms with Crippen LogP contribution in [0, 0.1) is 0 Å². The number of nitrogens with zero attached hydrogens (tertiary/aromatic N) is 1. The molecule has 0 aromatic heterocycles. The molecule has 0 aromatic carbocycles. The minimum atomic E-state index is -0.140. The zero-order chi connectivity index (χ0) is 13.2. The van der Waals surface area contributed by atoms with E-state index in [1.165, 1.54) is 11.3 Å². The first kappa shape index (κ1) is 13.1. The van der Waals surface area contributed by atoms with E-state index in [0.717, 1.165) is 38.8 Å². The van der Waals surface area contributed by atoms with Crippen molar-refractivity contribution in [3.05, 3.63) is 0 Å². The zero-order valence-electron chi connectivity index (χ0n) is 11.4. The number of amides is 2. The summed E-state index contributed by atoms with van der Waals surface area (Å²) in [7, 11) is 0. The fraction of sp³-hybridized carbons (Fsp3) is 0.857. The van der Waals surface area contributed by atoms with E-state index in [1.54, 1.807) is 4.90 Å². The molecule has 0 bridgehead atoms. The van der Waals surface area contributed by atoms with Crippen molar-refractivity contribution in [2.45, 2.75) is 50.6 Å². The van der Waals surface area contributed by atoms with Gasteiger partial charge < -0.3 is 9.64 Å². The lowest BCUT2D eigenvalue weighted by Gasteiger charge is -2.31. The van der Waals surface area contributed by atoms with Crippen molar-refractivity contribution >= 4 is 11.8 Å². The van der Waals surface area contributed by atoms with Gasteiger partial charge in [-0.2, -0.15) is 0 Å². The first-order valence-corrected chi connectivity index (χ1v) is 7.55. The fourth-order valence-corrected chi connectivity index (χ4v) is 3.67. The molecule has 2 amide bonds. The Labute approximate surface area is 113 Å². The monoisotopic (exact) mass is 267 g/mol. The van der Waals surface area contributed by atoms with Gasteiger partial charge in [0.25, 0.3) is 5.91 Å². The molecule has 19 heavy (non-hydrogen) atoms. The maximum atomic E-state index is 12.6. The van der Waals surface area contributed by atoms with E-state index in [1.807, 2.05) is 0 Å². The highest BCUT2D eigenvalue weighted by atomic mass is 16.5. The van der Waals surface area contributed by atoms with E-state index in [2.05, 4.69) is 0 Å². The number of ether oxygens (including phenoxy) is 1. The standard InChI is InChI=1S/C14H22N2O3/c17-13-10-12(15-6-8-19-9-7-15)14(18)16(13)11-4-2-1-3-5-11/h11-12H,1-10H2/p+1/t12-/m0/s1. The number of morpholine rings is 1. The molecule has 1 N–H and O–H groups in total. The Morgan fingerprint density at radius 1 is 1.05 bits per heavy atom. The van der Waals surface area contributed by atoms with Crippen molar-refractivity contribution in [2.24, 2.45) is 0 Å². The molecule has 3 aliphatic rings. The van der Waals surface area contributed by atoms with Crippen LogP contribution in [0.1, 0.15) is 38.5 Å². The number of hydrogen-bond acceptors (Lipinski definition) is 3. The van der Waals surface area contributed by atoms with Gasteiger partial charge in [-0.15, -0.1) is 0 Å². The Balaban J connectivity index is 1.69. The van der Waals surface area contributed by atoms with Crippen molar-refractivity contribution in [3.8, 4) is 0 Å². The Kier molecular flexibility index (Phi) is 3.84. The van der Waals surface area contributed by atoms with E-state index in [4.69, 9.17) is 4.74 Å². The van der Waals surface area contributed by atoms with E-state index >= 15 is 0 Å². The minimum Gasteiger partial charge on any atom is -0.370 e. The van der Waals surface area contributed by atoms with Crippen LogP contribution >= 0.6 is 0 Å². The van der Waals surface area contributed by atoms with Crippen LogP contribution in [0.2, 0.25) is 0 Å². The van der Waals surface area contributed by atoms with Gasteiger partial charge in [0, 0.05) is 6.04 Å². The number of rotatable bonds is 2. The number of nitrogens with one attached hydrogen (secondary N) is 1. The van der Waals surface area contributed by atoms with Crippen LogP contribution in [-0.2, 0) is 14.3 Å². The Morgan fingerprint density at radius 2 is 1.74 bits per heavy atom. The number of carbonyl (C=O) groups excluding carboxylic acids is 2. The highest BCUT2D eigenvalue weighted by Crippen LogP contribution is 2.26. The van der Waals surface area contributed by atoms with Gasteiger partial charge in [0.15, 0.2) is 6.04 Å². The summed E-state index contributed by atoms with van der Waals surface area (Å²) in [5.74, 6) is 0.134. The van der Waals surface area contributed by atoms with Gasteiger partial charge in [-0.25, -0.2) is 0 Å². The quantitative estimate of drug-likeness (QED) is 0.677. The molecular formula is C14H23N2O3+. The summed E-state index contributed by atoms with van der Waals surface area (Å²) >= 11 is 0. The summed E-state index contributed by atoms with van der Waals surface area (Å²) in [6.45, 7) is 3.11. The summed E-state index contributed by atoms with van der Waals surface area (Å²) in [6.07, 6.45) is 5.95. The topological polar surface area (TPSA) is 51.1 Å². The number of imide groups is 1. The van der Waals surface area contributed by atoms with E-state index < -0.39 is 0 Å². The maximum Gasteiger partial charge on any atom is 0.288 e. The second-order valence-electron chi connectivity index (χ2n) is 5.92. The van der Waals surface area contributed by atoms with Crippen LogP contribution in [0.4, 0.5) is 0 Å². The van der Waals surface area contributed by atoms with Crippen LogP contribution in [0.25, 0.3) is 0 Å². The van der Waals surface area contributed by atoms with Crippen LogP contribution in [0.15, 0.2) is 0 Å². The molecule has 1 aliphatic carbocycles. The van der Waals surface area contributed by atoms with Crippen LogP contribution in [-0.4, -0.2) is 55.1 Å². The molecule has 0 unspecified atom stereocenters. The van der Waals surface area contributed by atoms with Crippen LogP contribution in [0.5, 0.6) is 0 Å². The van der Waals surface area contributed by atoms with Gasteiger partial charge in [0.05, 0.1) is 19.6 Å². The van der Waals surface area contributed by atoms with Gasteiger partial charge >= 0.3 is 0 Å². The predicted molar refractivity (Wildman–Crippen MR) is 68.6 cm³/mol. The molecule has 3 rings (SSSR count). The average molecular weight is 267 g/mol. The Morgan fingerprint density at radius 3 is 2.42 bits per heavy atom. The second kappa shape index (κ2) is 5.59. The molecule has 2 aliphatic heterocycles. The lowest BCUT2D eigenvalue weighted by Crippen LogP contribution is -3.18. The first-order chi connectivity index (χ1) is 9.27. The zero-order valence-corrected chi connectivity index (χ0v) is 11.4. The Bertz CT molecular complexity index is 360. The fourth-order valence-electron chi connectivity index (χ4n) is 3.67. The van der Waals surface area contributed by atoms with Crippen molar-refractivity contribution in [2.75, 3.05) is 26.3 Å². The largest absolute Gasteiger partial charge is 0.370 e. The molecular weight excluding hydrogens is 244 g/mol. The van der Waals surface area contributed by atoms with Gasteiger partial charge in [-0.1, -0.05) is 19.3 Å². The van der Waals surface area contributed by atoms with Crippen molar-refractivity contribution in [1.29, 1.82) is 0 Å². The maximum absolute atomic E-state index is 12.6. The smallest absolute Gasteiger partial charge is 0.288 e. The third-order valence-electron chi connectivity index (χ3n) is 4.75. The number of likely N-dealkylation sites (tertiary alicyclic amines) is 1. The number of carbonyl (C=O) groups is 2. The lowest BCUT2D eigenvalue weighted by atomic mass is 9.94. The molecule has 1 saturated carbocycles. The first-order valence-electron chi connectivity index (χ1n) is 7.55. The summed E-state index contributed by atoms with van der Waals surface area (Å²) in [6, 6.07) is 0.0394. The number of quaternary nitrogens is 1. The third kappa shape index (κ3) is 2.54. The molecule has 1 atom stereocenters. The Hall–Kier alpha value is -0.940.